The van der Waals surface area contributed by atoms with Crippen molar-refractivity contribution in [3.63, 3.8) is 0 Å². The molecule has 0 amide bonds. The molecule has 1 aromatic heterocycles. The quantitative estimate of drug-likeness (QED) is 0.653. The van der Waals surface area contributed by atoms with Gasteiger partial charge in [0, 0.05) is 0 Å². The summed E-state index contributed by atoms with van der Waals surface area (Å²) in [5.41, 5.74) is -2.23. The number of methoxy groups -OCH3 is 2. The van der Waals surface area contributed by atoms with Crippen molar-refractivity contribution >= 4 is 0 Å². The van der Waals surface area contributed by atoms with Crippen LogP contribution in [0, 0.1) is 0 Å². The Morgan fingerprint density at radius 1 is 0.654 bits per heavy atom. The summed E-state index contributed by atoms with van der Waals surface area (Å²) in [5, 5.41) is 0. The van der Waals surface area contributed by atoms with Crippen LogP contribution in [0.2, 0.25) is 0 Å². The average Bonchev–Trinajstić information content (AvgIpc) is 2.67. The van der Waals surface area contributed by atoms with Crippen LogP contribution in [0.4, 0.5) is 0 Å². The Balaban J connectivity index is 2.29. The molecule has 0 fully saturated rings. The molecule has 0 spiro atoms. The first-order valence-electron chi connectivity index (χ1n) is 7.53. The fourth-order valence-corrected chi connectivity index (χ4v) is 2.47. The van der Waals surface area contributed by atoms with Gasteiger partial charge in [-0.15, -0.1) is 0 Å². The van der Waals surface area contributed by atoms with Gasteiger partial charge in [0.2, 0.25) is 0 Å². The van der Waals surface area contributed by atoms with E-state index in [4.69, 9.17) is 15.3 Å². The number of hydrogen-bond acceptors (Lipinski definition) is 6. The molecule has 0 radical (unpaired) electrons. The van der Waals surface area contributed by atoms with Crippen LogP contribution in [0.25, 0.3) is 11.4 Å². The summed E-state index contributed by atoms with van der Waals surface area (Å²) in [6, 6.07) is 12.4. The minimum atomic E-state index is -0.949. The molecule has 2 N–H and O–H groups in total. The SMILES string of the molecule is COc1ccc(-n2c(=O)n(N)c(=O)n(-c3ccc(OC)cc3)c2=O)cc1. The van der Waals surface area contributed by atoms with Crippen molar-refractivity contribution in [1.82, 2.24) is 13.8 Å². The van der Waals surface area contributed by atoms with Gasteiger partial charge in [-0.25, -0.2) is 23.5 Å². The summed E-state index contributed by atoms with van der Waals surface area (Å²) >= 11 is 0. The zero-order chi connectivity index (χ0) is 18.8. The molecule has 9 heteroatoms. The normalized spacial score (nSPS) is 10.5. The third-order valence-electron chi connectivity index (χ3n) is 3.84. The monoisotopic (exact) mass is 356 g/mol. The maximum atomic E-state index is 12.9. The van der Waals surface area contributed by atoms with Crippen molar-refractivity contribution in [1.29, 1.82) is 0 Å². The van der Waals surface area contributed by atoms with E-state index in [9.17, 15) is 14.4 Å². The molecule has 0 aliphatic carbocycles. The van der Waals surface area contributed by atoms with Crippen LogP contribution in [0.1, 0.15) is 0 Å². The minimum absolute atomic E-state index is 0.252. The van der Waals surface area contributed by atoms with E-state index in [0.717, 1.165) is 9.13 Å². The Bertz CT molecular complexity index is 1020. The fourth-order valence-electron chi connectivity index (χ4n) is 2.47. The summed E-state index contributed by atoms with van der Waals surface area (Å²) in [7, 11) is 3.00. The molecule has 9 nitrogen and oxygen atoms in total. The van der Waals surface area contributed by atoms with Crippen molar-refractivity contribution in [2.45, 2.75) is 0 Å². The number of hydrogen-bond donors (Lipinski definition) is 1. The number of nitrogen functional groups attached to an aromatic ring is 1. The van der Waals surface area contributed by atoms with Gasteiger partial charge in [0.15, 0.2) is 0 Å². The summed E-state index contributed by atoms with van der Waals surface area (Å²) in [6.07, 6.45) is 0. The lowest BCUT2D eigenvalue weighted by molar-refractivity contribution is 0.414. The molecule has 0 aliphatic heterocycles. The Hall–Kier alpha value is -3.75. The van der Waals surface area contributed by atoms with Crippen LogP contribution in [-0.4, -0.2) is 28.0 Å². The van der Waals surface area contributed by atoms with Crippen LogP contribution in [0.5, 0.6) is 11.5 Å². The van der Waals surface area contributed by atoms with E-state index in [0.29, 0.717) is 16.2 Å². The summed E-state index contributed by atoms with van der Waals surface area (Å²) in [5.74, 6) is 6.71. The lowest BCUT2D eigenvalue weighted by atomic mass is 10.3. The van der Waals surface area contributed by atoms with Crippen LogP contribution in [-0.2, 0) is 0 Å². The number of benzene rings is 2. The molecule has 0 unspecified atom stereocenters. The summed E-state index contributed by atoms with van der Waals surface area (Å²) in [4.78, 5) is 37.6. The molecule has 0 bridgehead atoms. The first-order valence-corrected chi connectivity index (χ1v) is 7.53. The van der Waals surface area contributed by atoms with Crippen LogP contribution in [0.15, 0.2) is 62.9 Å². The fraction of sp³-hybridized carbons (Fsp3) is 0.118. The lowest BCUT2D eigenvalue weighted by Gasteiger charge is -2.12. The van der Waals surface area contributed by atoms with Crippen LogP contribution in [0.3, 0.4) is 0 Å². The molecule has 2 aromatic carbocycles. The number of nitrogens with two attached hydrogens (primary N) is 1. The maximum Gasteiger partial charge on any atom is 0.359 e. The van der Waals surface area contributed by atoms with E-state index < -0.39 is 17.1 Å². The highest BCUT2D eigenvalue weighted by molar-refractivity contribution is 5.39. The van der Waals surface area contributed by atoms with Crippen molar-refractivity contribution in [3.8, 4) is 22.9 Å². The van der Waals surface area contributed by atoms with Crippen molar-refractivity contribution in [2.24, 2.45) is 0 Å². The van der Waals surface area contributed by atoms with Gasteiger partial charge in [0.1, 0.15) is 11.5 Å². The van der Waals surface area contributed by atoms with Gasteiger partial charge in [-0.2, -0.15) is 4.68 Å². The Kier molecular flexibility index (Phi) is 4.36. The topological polar surface area (TPSA) is 110 Å². The van der Waals surface area contributed by atoms with Crippen LogP contribution >= 0.6 is 0 Å². The Morgan fingerprint density at radius 2 is 1.00 bits per heavy atom. The molecule has 134 valence electrons. The largest absolute Gasteiger partial charge is 0.497 e. The lowest BCUT2D eigenvalue weighted by Crippen LogP contribution is -2.56. The molecule has 0 atom stereocenters. The second-order valence-corrected chi connectivity index (χ2v) is 5.28. The molecular formula is C17H16N4O5. The molecule has 3 rings (SSSR count). The summed E-state index contributed by atoms with van der Waals surface area (Å²) in [6.45, 7) is 0. The second kappa shape index (κ2) is 6.63. The molecule has 3 aromatic rings. The first kappa shape index (κ1) is 17.1. The minimum Gasteiger partial charge on any atom is -0.497 e. The summed E-state index contributed by atoms with van der Waals surface area (Å²) < 4.78 is 12.1. The van der Waals surface area contributed by atoms with E-state index in [1.165, 1.54) is 38.5 Å². The predicted octanol–water partition coefficient (Wildman–Crippen LogP) is -0.119. The highest BCUT2D eigenvalue weighted by atomic mass is 16.5. The molecule has 26 heavy (non-hydrogen) atoms. The van der Waals surface area contributed by atoms with Gasteiger partial charge in [-0.3, -0.25) is 0 Å². The van der Waals surface area contributed by atoms with Gasteiger partial charge in [-0.1, -0.05) is 0 Å². The highest BCUT2D eigenvalue weighted by Crippen LogP contribution is 2.14. The first-order chi connectivity index (χ1) is 12.5. The van der Waals surface area contributed by atoms with E-state index in [1.54, 1.807) is 24.3 Å². The van der Waals surface area contributed by atoms with Crippen LogP contribution < -0.4 is 32.4 Å². The third-order valence-corrected chi connectivity index (χ3v) is 3.84. The maximum absolute atomic E-state index is 12.9. The van der Waals surface area contributed by atoms with E-state index in [1.807, 2.05) is 0 Å². The van der Waals surface area contributed by atoms with Gasteiger partial charge in [-0.05, 0) is 48.5 Å². The zero-order valence-corrected chi connectivity index (χ0v) is 14.1. The highest BCUT2D eigenvalue weighted by Gasteiger charge is 2.16. The molecule has 0 saturated carbocycles. The Morgan fingerprint density at radius 3 is 1.31 bits per heavy atom. The van der Waals surface area contributed by atoms with Crippen molar-refractivity contribution < 1.29 is 9.47 Å². The number of rotatable bonds is 4. The standard InChI is InChI=1S/C17H16N4O5/c1-25-13-7-3-11(4-8-13)19-15(22)20(17(24)21(18)16(19)23)12-5-9-14(26-2)10-6-12/h3-10H,18H2,1-2H3. The van der Waals surface area contributed by atoms with E-state index in [2.05, 4.69) is 0 Å². The van der Waals surface area contributed by atoms with Gasteiger partial charge in [0.05, 0.1) is 25.6 Å². The molecule has 0 aliphatic rings. The molecular weight excluding hydrogens is 340 g/mol. The Labute approximate surface area is 147 Å². The number of aromatic nitrogens is 3. The smallest absolute Gasteiger partial charge is 0.359 e. The second-order valence-electron chi connectivity index (χ2n) is 5.28. The zero-order valence-electron chi connectivity index (χ0n) is 14.1. The number of ether oxygens (including phenoxy) is 2. The molecule has 0 saturated heterocycles. The average molecular weight is 356 g/mol. The van der Waals surface area contributed by atoms with Gasteiger partial charge >= 0.3 is 17.1 Å². The van der Waals surface area contributed by atoms with E-state index in [-0.39, 0.29) is 11.4 Å². The van der Waals surface area contributed by atoms with Crippen molar-refractivity contribution in [3.05, 3.63) is 80.0 Å². The third kappa shape index (κ3) is 2.75. The molecule has 1 heterocycles. The van der Waals surface area contributed by atoms with Crippen molar-refractivity contribution in [2.75, 3.05) is 20.1 Å². The number of nitrogens with zero attached hydrogens (tertiary/aromatic N) is 3. The van der Waals surface area contributed by atoms with Gasteiger partial charge < -0.3 is 15.3 Å². The predicted molar refractivity (Wildman–Crippen MR) is 95.2 cm³/mol. The van der Waals surface area contributed by atoms with Gasteiger partial charge in [0.25, 0.3) is 0 Å². The van der Waals surface area contributed by atoms with E-state index >= 15 is 0 Å².